The number of ether oxygens (including phenoxy) is 2. The molecule has 0 spiro atoms. The monoisotopic (exact) mass is 450 g/mol. The predicted octanol–water partition coefficient (Wildman–Crippen LogP) is 6.14. The number of fused-ring (bicyclic) bond motifs is 1. The fourth-order valence-corrected chi connectivity index (χ4v) is 4.08. The minimum absolute atomic E-state index is 0.0583. The highest BCUT2D eigenvalue weighted by molar-refractivity contribution is 6.33. The van der Waals surface area contributed by atoms with E-state index in [1.165, 1.54) is 6.07 Å². The topological polar surface area (TPSA) is 45.4 Å². The predicted molar refractivity (Wildman–Crippen MR) is 116 cm³/mol. The van der Waals surface area contributed by atoms with Crippen molar-refractivity contribution in [3.63, 3.8) is 0 Å². The van der Waals surface area contributed by atoms with E-state index < -0.39 is 5.82 Å². The van der Waals surface area contributed by atoms with Gasteiger partial charge in [-0.3, -0.25) is 9.48 Å². The number of hydrogen-bond donors (Lipinski definition) is 0. The molecule has 0 atom stereocenters. The largest absolute Gasteiger partial charge is 0.491 e. The van der Waals surface area contributed by atoms with Crippen molar-refractivity contribution in [3.05, 3.63) is 62.7 Å². The lowest BCUT2D eigenvalue weighted by Crippen LogP contribution is -2.27. The molecule has 0 saturated heterocycles. The SMILES string of the molecule is CC(C)Oc1ccc(Oc2cc(-c3c(Cl)n4n(c3=O)CCCC4)c(F)cc2Cl)cc1. The Balaban J connectivity index is 1.70. The van der Waals surface area contributed by atoms with E-state index in [9.17, 15) is 9.18 Å². The van der Waals surface area contributed by atoms with Crippen molar-refractivity contribution >= 4 is 23.2 Å². The molecule has 0 radical (unpaired) electrons. The second-order valence-corrected chi connectivity index (χ2v) is 8.19. The molecule has 0 fully saturated rings. The second kappa shape index (κ2) is 8.36. The van der Waals surface area contributed by atoms with Crippen LogP contribution in [0.25, 0.3) is 11.1 Å². The van der Waals surface area contributed by atoms with Crippen molar-refractivity contribution in [2.75, 3.05) is 0 Å². The van der Waals surface area contributed by atoms with Crippen molar-refractivity contribution in [1.29, 1.82) is 0 Å². The summed E-state index contributed by atoms with van der Waals surface area (Å²) in [5.74, 6) is 0.817. The van der Waals surface area contributed by atoms with Crippen molar-refractivity contribution in [2.45, 2.75) is 45.9 Å². The van der Waals surface area contributed by atoms with Crippen molar-refractivity contribution in [3.8, 4) is 28.4 Å². The molecule has 0 amide bonds. The van der Waals surface area contributed by atoms with Gasteiger partial charge >= 0.3 is 0 Å². The van der Waals surface area contributed by atoms with Gasteiger partial charge in [0.1, 0.15) is 28.2 Å². The van der Waals surface area contributed by atoms with Crippen LogP contribution in [0.3, 0.4) is 0 Å². The zero-order valence-corrected chi connectivity index (χ0v) is 18.1. The molecule has 0 unspecified atom stereocenters. The number of nitrogens with zero attached hydrogens (tertiary/aromatic N) is 2. The summed E-state index contributed by atoms with van der Waals surface area (Å²) in [6, 6.07) is 9.58. The Morgan fingerprint density at radius 3 is 2.27 bits per heavy atom. The Kier molecular flexibility index (Phi) is 5.80. The number of hydrogen-bond acceptors (Lipinski definition) is 3. The molecule has 0 bridgehead atoms. The fourth-order valence-electron chi connectivity index (χ4n) is 3.54. The van der Waals surface area contributed by atoms with Gasteiger partial charge in [-0.05, 0) is 63.1 Å². The molecule has 2 aromatic carbocycles. The summed E-state index contributed by atoms with van der Waals surface area (Å²) in [5.41, 5.74) is -0.126. The minimum Gasteiger partial charge on any atom is -0.491 e. The average Bonchev–Trinajstić information content (AvgIpc) is 2.96. The lowest BCUT2D eigenvalue weighted by atomic mass is 10.1. The van der Waals surface area contributed by atoms with E-state index in [0.717, 1.165) is 18.9 Å². The van der Waals surface area contributed by atoms with Crippen LogP contribution in [0.15, 0.2) is 41.2 Å². The number of aromatic nitrogens is 2. The zero-order valence-electron chi connectivity index (χ0n) is 16.6. The Morgan fingerprint density at radius 1 is 1.00 bits per heavy atom. The molecular weight excluding hydrogens is 430 g/mol. The zero-order chi connectivity index (χ0) is 21.4. The molecule has 30 heavy (non-hydrogen) atoms. The summed E-state index contributed by atoms with van der Waals surface area (Å²) in [6.07, 6.45) is 1.86. The van der Waals surface area contributed by atoms with Crippen LogP contribution in [-0.4, -0.2) is 15.5 Å². The van der Waals surface area contributed by atoms with Gasteiger partial charge < -0.3 is 9.47 Å². The normalized spacial score (nSPS) is 13.4. The van der Waals surface area contributed by atoms with E-state index in [1.54, 1.807) is 33.6 Å². The van der Waals surface area contributed by atoms with Crippen LogP contribution < -0.4 is 15.0 Å². The number of rotatable bonds is 5. The first-order chi connectivity index (χ1) is 14.3. The van der Waals surface area contributed by atoms with Crippen LogP contribution in [0.5, 0.6) is 17.2 Å². The molecule has 4 rings (SSSR count). The van der Waals surface area contributed by atoms with Crippen LogP contribution in [0.2, 0.25) is 10.2 Å². The highest BCUT2D eigenvalue weighted by Crippen LogP contribution is 2.38. The van der Waals surface area contributed by atoms with Crippen molar-refractivity contribution in [2.24, 2.45) is 0 Å². The maximum absolute atomic E-state index is 14.8. The Hall–Kier alpha value is -2.44. The molecule has 158 valence electrons. The van der Waals surface area contributed by atoms with Gasteiger partial charge in [0.15, 0.2) is 0 Å². The van der Waals surface area contributed by atoms with Gasteiger partial charge in [0, 0.05) is 18.7 Å². The molecule has 2 heterocycles. The first-order valence-electron chi connectivity index (χ1n) is 9.78. The standard InChI is InChI=1S/C22H21Cl2FN2O3/c1-13(2)29-14-5-7-15(8-6-14)30-19-11-16(18(25)12-17(19)23)20-21(24)26-9-3-4-10-27(26)22(20)28/h5-8,11-13H,3-4,9-10H2,1-2H3. The van der Waals surface area contributed by atoms with E-state index in [1.807, 2.05) is 13.8 Å². The van der Waals surface area contributed by atoms with Gasteiger partial charge in [-0.2, -0.15) is 0 Å². The van der Waals surface area contributed by atoms with Gasteiger partial charge in [-0.1, -0.05) is 23.2 Å². The van der Waals surface area contributed by atoms with E-state index in [0.29, 0.717) is 24.6 Å². The number of halogens is 3. The molecule has 0 N–H and O–H groups in total. The summed E-state index contributed by atoms with van der Waals surface area (Å²) in [4.78, 5) is 12.9. The smallest absolute Gasteiger partial charge is 0.276 e. The second-order valence-electron chi connectivity index (χ2n) is 7.43. The van der Waals surface area contributed by atoms with Crippen molar-refractivity contribution in [1.82, 2.24) is 9.36 Å². The van der Waals surface area contributed by atoms with Crippen LogP contribution >= 0.6 is 23.2 Å². The van der Waals surface area contributed by atoms with Crippen LogP contribution in [-0.2, 0) is 13.1 Å². The summed E-state index contributed by atoms with van der Waals surface area (Å²) < 4.78 is 29.5. The van der Waals surface area contributed by atoms with Gasteiger partial charge in [-0.25, -0.2) is 9.07 Å². The first-order valence-corrected chi connectivity index (χ1v) is 10.5. The minimum atomic E-state index is -0.629. The summed E-state index contributed by atoms with van der Waals surface area (Å²) in [7, 11) is 0. The first kappa shape index (κ1) is 20.8. The Bertz CT molecular complexity index is 1140. The quantitative estimate of drug-likeness (QED) is 0.469. The molecule has 3 aromatic rings. The lowest BCUT2D eigenvalue weighted by Gasteiger charge is -2.17. The molecule has 1 aliphatic heterocycles. The summed E-state index contributed by atoms with van der Waals surface area (Å²) in [6.45, 7) is 5.06. The van der Waals surface area contributed by atoms with E-state index in [2.05, 4.69) is 0 Å². The van der Waals surface area contributed by atoms with E-state index in [-0.39, 0.29) is 38.7 Å². The molecule has 8 heteroatoms. The highest BCUT2D eigenvalue weighted by Gasteiger charge is 2.25. The molecule has 1 aliphatic rings. The van der Waals surface area contributed by atoms with E-state index in [4.69, 9.17) is 32.7 Å². The molecule has 0 aliphatic carbocycles. The van der Waals surface area contributed by atoms with E-state index >= 15 is 0 Å². The molecular formula is C22H21Cl2FN2O3. The third-order valence-electron chi connectivity index (χ3n) is 4.88. The average molecular weight is 451 g/mol. The maximum Gasteiger partial charge on any atom is 0.276 e. The lowest BCUT2D eigenvalue weighted by molar-refractivity contribution is 0.242. The van der Waals surface area contributed by atoms with Gasteiger partial charge in [-0.15, -0.1) is 0 Å². The summed E-state index contributed by atoms with van der Waals surface area (Å²) >= 11 is 12.7. The van der Waals surface area contributed by atoms with Gasteiger partial charge in [0.05, 0.1) is 16.7 Å². The Labute approximate surface area is 183 Å². The summed E-state index contributed by atoms with van der Waals surface area (Å²) in [5, 5.41) is 0.320. The maximum atomic E-state index is 14.8. The molecule has 0 saturated carbocycles. The van der Waals surface area contributed by atoms with Gasteiger partial charge in [0.25, 0.3) is 5.56 Å². The fraction of sp³-hybridized carbons (Fsp3) is 0.318. The third kappa shape index (κ3) is 3.94. The molecule has 1 aromatic heterocycles. The van der Waals surface area contributed by atoms with Crippen LogP contribution in [0.1, 0.15) is 26.7 Å². The number of benzene rings is 2. The van der Waals surface area contributed by atoms with Crippen molar-refractivity contribution < 1.29 is 13.9 Å². The van der Waals surface area contributed by atoms with Gasteiger partial charge in [0.2, 0.25) is 0 Å². The molecule has 5 nitrogen and oxygen atoms in total. The highest BCUT2D eigenvalue weighted by atomic mass is 35.5. The van der Waals surface area contributed by atoms with Crippen LogP contribution in [0, 0.1) is 5.82 Å². The van der Waals surface area contributed by atoms with Crippen LogP contribution in [0.4, 0.5) is 4.39 Å². The Morgan fingerprint density at radius 2 is 1.63 bits per heavy atom. The third-order valence-corrected chi connectivity index (χ3v) is 5.56.